The molecule has 0 saturated carbocycles. The third-order valence-corrected chi connectivity index (χ3v) is 4.10. The summed E-state index contributed by atoms with van der Waals surface area (Å²) in [5.41, 5.74) is 6.46. The summed E-state index contributed by atoms with van der Waals surface area (Å²) in [6.07, 6.45) is 2.09. The molecule has 0 aliphatic heterocycles. The van der Waals surface area contributed by atoms with Gasteiger partial charge >= 0.3 is 0 Å². The van der Waals surface area contributed by atoms with Gasteiger partial charge in [0.1, 0.15) is 0 Å². The van der Waals surface area contributed by atoms with Crippen molar-refractivity contribution in [1.29, 1.82) is 0 Å². The van der Waals surface area contributed by atoms with E-state index < -0.39 is 0 Å². The quantitative estimate of drug-likeness (QED) is 0.856. The summed E-state index contributed by atoms with van der Waals surface area (Å²) in [6.45, 7) is 4.71. The van der Waals surface area contributed by atoms with Crippen LogP contribution in [0.1, 0.15) is 32.3 Å². The Morgan fingerprint density at radius 1 is 1.19 bits per heavy atom. The van der Waals surface area contributed by atoms with Crippen LogP contribution in [0.5, 0.6) is 0 Å². The van der Waals surface area contributed by atoms with E-state index in [4.69, 9.17) is 5.73 Å². The maximum absolute atomic E-state index is 12.2. The number of carbonyl (C=O) groups is 1. The van der Waals surface area contributed by atoms with Crippen LogP contribution in [0.4, 0.5) is 0 Å². The van der Waals surface area contributed by atoms with Crippen molar-refractivity contribution in [3.05, 3.63) is 48.0 Å². The first-order valence-electron chi connectivity index (χ1n) is 7.55. The normalized spacial score (nSPS) is 13.9. The van der Waals surface area contributed by atoms with Gasteiger partial charge in [0, 0.05) is 5.54 Å². The zero-order valence-electron chi connectivity index (χ0n) is 12.9. The fraction of sp³-hybridized carbons (Fsp3) is 0.389. The Balaban J connectivity index is 2.07. The van der Waals surface area contributed by atoms with E-state index in [-0.39, 0.29) is 11.4 Å². The first-order valence-corrected chi connectivity index (χ1v) is 7.55. The summed E-state index contributed by atoms with van der Waals surface area (Å²) in [7, 11) is 0. The lowest BCUT2D eigenvalue weighted by molar-refractivity contribution is -0.122. The summed E-state index contributed by atoms with van der Waals surface area (Å²) in [6, 6.07) is 14.4. The molecule has 2 aromatic carbocycles. The Hall–Kier alpha value is -1.87. The highest BCUT2D eigenvalue weighted by molar-refractivity contribution is 5.85. The number of hydrogen-bond donors (Lipinski definition) is 2. The van der Waals surface area contributed by atoms with Crippen molar-refractivity contribution in [2.75, 3.05) is 6.54 Å². The van der Waals surface area contributed by atoms with Crippen molar-refractivity contribution in [2.24, 2.45) is 5.73 Å². The Morgan fingerprint density at radius 3 is 2.57 bits per heavy atom. The molecule has 1 atom stereocenters. The summed E-state index contributed by atoms with van der Waals surface area (Å²) in [5.74, 6) is 0.0584. The van der Waals surface area contributed by atoms with Gasteiger partial charge in [0.05, 0.1) is 6.42 Å². The van der Waals surface area contributed by atoms with Crippen molar-refractivity contribution in [3.8, 4) is 0 Å². The number of rotatable bonds is 6. The minimum Gasteiger partial charge on any atom is -0.351 e. The van der Waals surface area contributed by atoms with E-state index in [0.29, 0.717) is 13.0 Å². The molecule has 3 nitrogen and oxygen atoms in total. The molecule has 2 aromatic rings. The number of fused-ring (bicyclic) bond motifs is 1. The SMILES string of the molecule is CCC(C)(CCN)NC(=O)Cc1ccc2ccccc2c1. The fourth-order valence-electron chi connectivity index (χ4n) is 2.56. The average molecular weight is 284 g/mol. The molecule has 3 heteroatoms. The fourth-order valence-corrected chi connectivity index (χ4v) is 2.56. The third-order valence-electron chi connectivity index (χ3n) is 4.10. The average Bonchev–Trinajstić information content (AvgIpc) is 2.47. The molecule has 0 heterocycles. The van der Waals surface area contributed by atoms with Gasteiger partial charge in [0.25, 0.3) is 0 Å². The molecule has 0 aliphatic rings. The van der Waals surface area contributed by atoms with Crippen molar-refractivity contribution >= 4 is 16.7 Å². The summed E-state index contributed by atoms with van der Waals surface area (Å²) >= 11 is 0. The van der Waals surface area contributed by atoms with Crippen LogP contribution in [0, 0.1) is 0 Å². The van der Waals surface area contributed by atoms with Crippen LogP contribution in [0.25, 0.3) is 10.8 Å². The number of hydrogen-bond acceptors (Lipinski definition) is 2. The highest BCUT2D eigenvalue weighted by Crippen LogP contribution is 2.17. The molecule has 0 radical (unpaired) electrons. The third kappa shape index (κ3) is 4.05. The topological polar surface area (TPSA) is 55.1 Å². The summed E-state index contributed by atoms with van der Waals surface area (Å²) < 4.78 is 0. The van der Waals surface area contributed by atoms with E-state index in [9.17, 15) is 4.79 Å². The zero-order chi connectivity index (χ0) is 15.3. The van der Waals surface area contributed by atoms with E-state index in [1.165, 1.54) is 10.8 Å². The smallest absolute Gasteiger partial charge is 0.224 e. The minimum atomic E-state index is -0.206. The molecule has 3 N–H and O–H groups in total. The van der Waals surface area contributed by atoms with Crippen LogP contribution in [0.2, 0.25) is 0 Å². The lowest BCUT2D eigenvalue weighted by atomic mass is 9.94. The second-order valence-corrected chi connectivity index (χ2v) is 5.86. The zero-order valence-corrected chi connectivity index (χ0v) is 12.9. The molecular formula is C18H24N2O. The largest absolute Gasteiger partial charge is 0.351 e. The Labute approximate surface area is 126 Å². The number of amides is 1. The highest BCUT2D eigenvalue weighted by atomic mass is 16.1. The van der Waals surface area contributed by atoms with E-state index >= 15 is 0 Å². The number of benzene rings is 2. The van der Waals surface area contributed by atoms with Gasteiger partial charge in [-0.05, 0) is 42.6 Å². The van der Waals surface area contributed by atoms with E-state index in [2.05, 4.69) is 43.4 Å². The predicted molar refractivity (Wildman–Crippen MR) is 88.2 cm³/mol. The maximum atomic E-state index is 12.2. The van der Waals surface area contributed by atoms with Gasteiger partial charge in [-0.1, -0.05) is 49.4 Å². The van der Waals surface area contributed by atoms with Gasteiger partial charge in [-0.15, -0.1) is 0 Å². The maximum Gasteiger partial charge on any atom is 0.224 e. The van der Waals surface area contributed by atoms with Crippen LogP contribution in [0.3, 0.4) is 0 Å². The van der Waals surface area contributed by atoms with Crippen molar-refractivity contribution in [1.82, 2.24) is 5.32 Å². The molecule has 0 fully saturated rings. The van der Waals surface area contributed by atoms with Gasteiger partial charge in [-0.3, -0.25) is 4.79 Å². The molecule has 1 unspecified atom stereocenters. The highest BCUT2D eigenvalue weighted by Gasteiger charge is 2.23. The van der Waals surface area contributed by atoms with Crippen molar-refractivity contribution in [2.45, 2.75) is 38.6 Å². The number of nitrogens with one attached hydrogen (secondary N) is 1. The van der Waals surface area contributed by atoms with Gasteiger partial charge < -0.3 is 11.1 Å². The van der Waals surface area contributed by atoms with Crippen molar-refractivity contribution < 1.29 is 4.79 Å². The van der Waals surface area contributed by atoms with Crippen LogP contribution in [-0.4, -0.2) is 18.0 Å². The lowest BCUT2D eigenvalue weighted by Gasteiger charge is -2.29. The van der Waals surface area contributed by atoms with Crippen LogP contribution >= 0.6 is 0 Å². The van der Waals surface area contributed by atoms with E-state index in [1.54, 1.807) is 0 Å². The molecule has 0 saturated heterocycles. The van der Waals surface area contributed by atoms with Crippen molar-refractivity contribution in [3.63, 3.8) is 0 Å². The Morgan fingerprint density at radius 2 is 1.90 bits per heavy atom. The van der Waals surface area contributed by atoms with Crippen LogP contribution < -0.4 is 11.1 Å². The standard InChI is InChI=1S/C18H24N2O/c1-3-18(2,10-11-19)20-17(21)13-14-8-9-15-6-4-5-7-16(15)12-14/h4-9,12H,3,10-11,13,19H2,1-2H3,(H,20,21). The molecular weight excluding hydrogens is 260 g/mol. The molecule has 0 aliphatic carbocycles. The summed E-state index contributed by atoms with van der Waals surface area (Å²) in [4.78, 5) is 12.2. The molecule has 0 bridgehead atoms. The second kappa shape index (κ2) is 6.72. The lowest BCUT2D eigenvalue weighted by Crippen LogP contribution is -2.47. The minimum absolute atomic E-state index is 0.0584. The predicted octanol–water partition coefficient (Wildman–Crippen LogP) is 3.02. The van der Waals surface area contributed by atoms with Gasteiger partial charge in [-0.25, -0.2) is 0 Å². The van der Waals surface area contributed by atoms with Crippen LogP contribution in [0.15, 0.2) is 42.5 Å². The molecule has 112 valence electrons. The Kier molecular flexibility index (Phi) is 4.97. The van der Waals surface area contributed by atoms with E-state index in [0.717, 1.165) is 18.4 Å². The first kappa shape index (κ1) is 15.5. The second-order valence-electron chi connectivity index (χ2n) is 5.86. The molecule has 0 spiro atoms. The first-order chi connectivity index (χ1) is 10.1. The van der Waals surface area contributed by atoms with Gasteiger partial charge in [0.15, 0.2) is 0 Å². The summed E-state index contributed by atoms with van der Waals surface area (Å²) in [5, 5.41) is 5.49. The molecule has 0 aromatic heterocycles. The molecule has 2 rings (SSSR count). The number of carbonyl (C=O) groups excluding carboxylic acids is 1. The van der Waals surface area contributed by atoms with Gasteiger partial charge in [0.2, 0.25) is 5.91 Å². The molecule has 21 heavy (non-hydrogen) atoms. The monoisotopic (exact) mass is 284 g/mol. The number of nitrogens with two attached hydrogens (primary N) is 1. The molecule has 1 amide bonds. The van der Waals surface area contributed by atoms with Crippen LogP contribution in [-0.2, 0) is 11.2 Å². The Bertz CT molecular complexity index is 623. The van der Waals surface area contributed by atoms with Gasteiger partial charge in [-0.2, -0.15) is 0 Å². The van der Waals surface area contributed by atoms with E-state index in [1.807, 2.05) is 18.2 Å².